The molecule has 0 unspecified atom stereocenters. The number of nitrogen functional groups attached to an aromatic ring is 1. The van der Waals surface area contributed by atoms with E-state index < -0.39 is 9.84 Å². The van der Waals surface area contributed by atoms with Gasteiger partial charge in [-0.1, -0.05) is 30.5 Å². The molecule has 1 rings (SSSR count). The quantitative estimate of drug-likeness (QED) is 0.596. The van der Waals surface area contributed by atoms with Gasteiger partial charge in [0.25, 0.3) is 0 Å². The van der Waals surface area contributed by atoms with Crippen LogP contribution in [0.2, 0.25) is 5.02 Å². The standard InChI is InChI=1S/C12H18ClNO3S/c13-10-6-5-7-11(14)12(10)18(16,17)9-4-2-1-3-8-15/h5-7,15H,1-4,8-9,14H2. The SMILES string of the molecule is Nc1cccc(Cl)c1S(=O)(=O)CCCCCCO. The zero-order valence-corrected chi connectivity index (χ0v) is 11.7. The Morgan fingerprint density at radius 1 is 1.17 bits per heavy atom. The molecular formula is C12H18ClNO3S. The van der Waals surface area contributed by atoms with Crippen molar-refractivity contribution in [3.63, 3.8) is 0 Å². The highest BCUT2D eigenvalue weighted by molar-refractivity contribution is 7.91. The van der Waals surface area contributed by atoms with Gasteiger partial charge in [0.15, 0.2) is 9.84 Å². The molecule has 0 heterocycles. The Morgan fingerprint density at radius 3 is 2.44 bits per heavy atom. The number of sulfone groups is 1. The van der Waals surface area contributed by atoms with Crippen molar-refractivity contribution in [3.8, 4) is 0 Å². The predicted molar refractivity (Wildman–Crippen MR) is 73.5 cm³/mol. The van der Waals surface area contributed by atoms with E-state index >= 15 is 0 Å². The molecule has 0 aromatic heterocycles. The van der Waals surface area contributed by atoms with Crippen LogP contribution < -0.4 is 5.73 Å². The van der Waals surface area contributed by atoms with E-state index in [1.54, 1.807) is 6.07 Å². The molecule has 0 aliphatic rings. The third-order valence-electron chi connectivity index (χ3n) is 2.63. The molecular weight excluding hydrogens is 274 g/mol. The number of hydrogen-bond donors (Lipinski definition) is 2. The number of halogens is 1. The highest BCUT2D eigenvalue weighted by Gasteiger charge is 2.20. The molecule has 1 aromatic rings. The number of aliphatic hydroxyl groups excluding tert-OH is 1. The van der Waals surface area contributed by atoms with Crippen LogP contribution in [-0.2, 0) is 9.84 Å². The zero-order valence-electron chi connectivity index (χ0n) is 10.1. The van der Waals surface area contributed by atoms with Gasteiger partial charge in [-0.2, -0.15) is 0 Å². The topological polar surface area (TPSA) is 80.4 Å². The van der Waals surface area contributed by atoms with Crippen molar-refractivity contribution in [1.29, 1.82) is 0 Å². The number of hydrogen-bond acceptors (Lipinski definition) is 4. The Bertz CT molecular complexity index is 468. The minimum absolute atomic E-state index is 0.0341. The molecule has 0 saturated heterocycles. The van der Waals surface area contributed by atoms with Crippen LogP contribution in [0.1, 0.15) is 25.7 Å². The van der Waals surface area contributed by atoms with Gasteiger partial charge in [-0.25, -0.2) is 8.42 Å². The number of nitrogens with two attached hydrogens (primary N) is 1. The lowest BCUT2D eigenvalue weighted by Gasteiger charge is -2.09. The van der Waals surface area contributed by atoms with Crippen LogP contribution in [0.5, 0.6) is 0 Å². The third kappa shape index (κ3) is 4.15. The van der Waals surface area contributed by atoms with Gasteiger partial charge >= 0.3 is 0 Å². The van der Waals surface area contributed by atoms with Crippen LogP contribution in [0.15, 0.2) is 23.1 Å². The Hall–Kier alpha value is -0.780. The molecule has 0 aliphatic heterocycles. The highest BCUT2D eigenvalue weighted by Crippen LogP contribution is 2.28. The number of rotatable bonds is 7. The predicted octanol–water partition coefficient (Wildman–Crippen LogP) is 2.25. The van der Waals surface area contributed by atoms with Gasteiger partial charge in [0.2, 0.25) is 0 Å². The number of benzene rings is 1. The van der Waals surface area contributed by atoms with E-state index in [0.717, 1.165) is 12.8 Å². The highest BCUT2D eigenvalue weighted by atomic mass is 35.5. The first-order valence-corrected chi connectivity index (χ1v) is 7.89. The summed E-state index contributed by atoms with van der Waals surface area (Å²) in [4.78, 5) is 0.0359. The maximum atomic E-state index is 12.1. The summed E-state index contributed by atoms with van der Waals surface area (Å²) in [6.45, 7) is 0.143. The summed E-state index contributed by atoms with van der Waals surface area (Å²) in [5.41, 5.74) is 5.86. The summed E-state index contributed by atoms with van der Waals surface area (Å²) in [6.07, 6.45) is 2.84. The molecule has 0 bridgehead atoms. The van der Waals surface area contributed by atoms with Gasteiger partial charge in [0.1, 0.15) is 4.90 Å². The molecule has 0 amide bonds. The molecule has 1 aromatic carbocycles. The van der Waals surface area contributed by atoms with Crippen LogP contribution >= 0.6 is 11.6 Å². The van der Waals surface area contributed by atoms with Crippen molar-refractivity contribution in [2.24, 2.45) is 0 Å². The second kappa shape index (κ2) is 6.97. The molecule has 0 saturated carbocycles. The lowest BCUT2D eigenvalue weighted by atomic mass is 10.2. The Labute approximate surface area is 113 Å². The first kappa shape index (κ1) is 15.3. The second-order valence-electron chi connectivity index (χ2n) is 4.11. The van der Waals surface area contributed by atoms with Crippen LogP contribution in [0.3, 0.4) is 0 Å². The molecule has 0 radical (unpaired) electrons. The number of aliphatic hydroxyl groups is 1. The van der Waals surface area contributed by atoms with E-state index in [2.05, 4.69) is 0 Å². The summed E-state index contributed by atoms with van der Waals surface area (Å²) < 4.78 is 24.2. The first-order valence-electron chi connectivity index (χ1n) is 5.86. The fourth-order valence-corrected chi connectivity index (χ4v) is 3.83. The summed E-state index contributed by atoms with van der Waals surface area (Å²) in [6, 6.07) is 4.68. The summed E-state index contributed by atoms with van der Waals surface area (Å²) in [5.74, 6) is 0.0341. The summed E-state index contributed by atoms with van der Waals surface area (Å²) >= 11 is 5.88. The van der Waals surface area contributed by atoms with Crippen LogP contribution in [0.4, 0.5) is 5.69 Å². The molecule has 18 heavy (non-hydrogen) atoms. The van der Waals surface area contributed by atoms with Crippen molar-refractivity contribution >= 4 is 27.1 Å². The molecule has 3 N–H and O–H groups in total. The number of unbranched alkanes of at least 4 members (excludes halogenated alkanes) is 3. The second-order valence-corrected chi connectivity index (χ2v) is 6.57. The maximum Gasteiger partial charge on any atom is 0.181 e. The van der Waals surface area contributed by atoms with E-state index in [0.29, 0.717) is 12.8 Å². The van der Waals surface area contributed by atoms with E-state index in [1.807, 2.05) is 0 Å². The third-order valence-corrected chi connectivity index (χ3v) is 4.96. The van der Waals surface area contributed by atoms with Gasteiger partial charge in [-0.3, -0.25) is 0 Å². The van der Waals surface area contributed by atoms with E-state index in [9.17, 15) is 8.42 Å². The molecule has 0 atom stereocenters. The lowest BCUT2D eigenvalue weighted by Crippen LogP contribution is -2.10. The fourth-order valence-electron chi connectivity index (χ4n) is 1.71. The average Bonchev–Trinajstić information content (AvgIpc) is 2.28. The van der Waals surface area contributed by atoms with Crippen molar-refractivity contribution in [3.05, 3.63) is 23.2 Å². The van der Waals surface area contributed by atoms with Gasteiger partial charge in [0, 0.05) is 6.61 Å². The van der Waals surface area contributed by atoms with Crippen molar-refractivity contribution in [1.82, 2.24) is 0 Å². The minimum atomic E-state index is -3.43. The molecule has 4 nitrogen and oxygen atoms in total. The smallest absolute Gasteiger partial charge is 0.181 e. The molecule has 102 valence electrons. The van der Waals surface area contributed by atoms with Crippen LogP contribution in [-0.4, -0.2) is 25.9 Å². The van der Waals surface area contributed by atoms with Crippen molar-refractivity contribution in [2.75, 3.05) is 18.1 Å². The van der Waals surface area contributed by atoms with E-state index in [1.165, 1.54) is 12.1 Å². The van der Waals surface area contributed by atoms with Gasteiger partial charge in [-0.15, -0.1) is 0 Å². The zero-order chi connectivity index (χ0) is 13.6. The first-order chi connectivity index (χ1) is 8.49. The molecule has 0 aliphatic carbocycles. The van der Waals surface area contributed by atoms with Crippen molar-refractivity contribution < 1.29 is 13.5 Å². The summed E-state index contributed by atoms with van der Waals surface area (Å²) in [5, 5.41) is 8.80. The van der Waals surface area contributed by atoms with Gasteiger partial charge < -0.3 is 10.8 Å². The van der Waals surface area contributed by atoms with E-state index in [4.69, 9.17) is 22.4 Å². The maximum absolute atomic E-state index is 12.1. The van der Waals surface area contributed by atoms with Crippen LogP contribution in [0, 0.1) is 0 Å². The largest absolute Gasteiger partial charge is 0.398 e. The lowest BCUT2D eigenvalue weighted by molar-refractivity contribution is 0.283. The summed E-state index contributed by atoms with van der Waals surface area (Å²) in [7, 11) is -3.43. The Balaban J connectivity index is 2.69. The molecule has 0 fully saturated rings. The Morgan fingerprint density at radius 2 is 1.83 bits per heavy atom. The average molecular weight is 292 g/mol. The van der Waals surface area contributed by atoms with Crippen molar-refractivity contribution in [2.45, 2.75) is 30.6 Å². The van der Waals surface area contributed by atoms with Crippen LogP contribution in [0.25, 0.3) is 0 Å². The minimum Gasteiger partial charge on any atom is -0.398 e. The Kier molecular flexibility index (Phi) is 5.91. The van der Waals surface area contributed by atoms with E-state index in [-0.39, 0.29) is 28.0 Å². The number of anilines is 1. The molecule has 0 spiro atoms. The monoisotopic (exact) mass is 291 g/mol. The molecule has 6 heteroatoms. The normalized spacial score (nSPS) is 11.7. The van der Waals surface area contributed by atoms with Gasteiger partial charge in [0.05, 0.1) is 16.5 Å². The van der Waals surface area contributed by atoms with Gasteiger partial charge in [-0.05, 0) is 25.0 Å². The fraction of sp³-hybridized carbons (Fsp3) is 0.500.